The highest BCUT2D eigenvalue weighted by atomic mass is 32.2. The Morgan fingerprint density at radius 1 is 1.23 bits per heavy atom. The number of anilines is 1. The van der Waals surface area contributed by atoms with Crippen molar-refractivity contribution in [2.45, 2.75) is 17.5 Å². The van der Waals surface area contributed by atoms with Crippen LogP contribution in [0.25, 0.3) is 0 Å². The molecule has 1 rings (SSSR count). The highest BCUT2D eigenvalue weighted by Gasteiger charge is 2.29. The average molecular weight is 340 g/mol. The third kappa shape index (κ3) is 6.41. The molecule has 1 aromatic rings. The zero-order valence-electron chi connectivity index (χ0n) is 11.6. The maximum atomic E-state index is 12.0. The van der Waals surface area contributed by atoms with Crippen LogP contribution in [0.3, 0.4) is 0 Å². The number of nitrogens with one attached hydrogen (secondary N) is 2. The minimum Gasteiger partial charge on any atom is -0.384 e. The van der Waals surface area contributed by atoms with E-state index in [4.69, 9.17) is 4.74 Å². The molecule has 0 fully saturated rings. The Balaban J connectivity index is 2.69. The molecular weight excluding hydrogens is 325 g/mol. The smallest absolute Gasteiger partial charge is 0.384 e. The van der Waals surface area contributed by atoms with E-state index in [2.05, 4.69) is 5.32 Å². The third-order valence-corrected chi connectivity index (χ3v) is 3.86. The topological polar surface area (TPSA) is 84.5 Å². The van der Waals surface area contributed by atoms with Crippen LogP contribution in [0.15, 0.2) is 29.2 Å². The number of methoxy groups -OCH3 is 1. The van der Waals surface area contributed by atoms with Crippen LogP contribution >= 0.6 is 0 Å². The fourth-order valence-electron chi connectivity index (χ4n) is 1.40. The fraction of sp³-hybridized carbons (Fsp3) is 0.417. The van der Waals surface area contributed by atoms with Crippen LogP contribution in [-0.2, 0) is 19.6 Å². The van der Waals surface area contributed by atoms with Gasteiger partial charge in [0, 0.05) is 12.8 Å². The van der Waals surface area contributed by atoms with E-state index in [0.717, 1.165) is 12.1 Å². The number of halogens is 3. The van der Waals surface area contributed by atoms with Crippen LogP contribution in [0, 0.1) is 0 Å². The summed E-state index contributed by atoms with van der Waals surface area (Å²) in [5, 5.41) is 2.50. The lowest BCUT2D eigenvalue weighted by Crippen LogP contribution is -2.33. The van der Waals surface area contributed by atoms with E-state index in [1.807, 2.05) is 0 Å². The second kappa shape index (κ2) is 7.56. The maximum Gasteiger partial charge on any atom is 0.402 e. The molecule has 10 heteroatoms. The number of carbonyl (C=O) groups excluding carboxylic acids is 1. The summed E-state index contributed by atoms with van der Waals surface area (Å²) < 4.78 is 65.5. The van der Waals surface area contributed by atoms with E-state index in [1.54, 1.807) is 0 Å². The lowest BCUT2D eigenvalue weighted by Gasteiger charge is -2.10. The molecule has 22 heavy (non-hydrogen) atoms. The first-order valence-corrected chi connectivity index (χ1v) is 7.57. The molecule has 0 aliphatic carbocycles. The first-order chi connectivity index (χ1) is 10.1. The molecular formula is C12H15F3N2O4S. The van der Waals surface area contributed by atoms with E-state index < -0.39 is 22.7 Å². The predicted octanol–water partition coefficient (Wildman–Crippen LogP) is 1.50. The van der Waals surface area contributed by atoms with Crippen molar-refractivity contribution in [1.82, 2.24) is 4.72 Å². The lowest BCUT2D eigenvalue weighted by atomic mass is 10.3. The summed E-state index contributed by atoms with van der Waals surface area (Å²) in [6.45, 7) is -1.41. The van der Waals surface area contributed by atoms with Gasteiger partial charge in [-0.25, -0.2) is 13.1 Å². The van der Waals surface area contributed by atoms with E-state index in [-0.39, 0.29) is 23.8 Å². The van der Waals surface area contributed by atoms with Crippen LogP contribution in [0.4, 0.5) is 18.9 Å². The molecule has 1 aromatic carbocycles. The molecule has 6 nitrogen and oxygen atoms in total. The monoisotopic (exact) mass is 340 g/mol. The number of sulfonamides is 1. The Hall–Kier alpha value is -1.65. The summed E-state index contributed by atoms with van der Waals surface area (Å²) in [7, 11) is -2.81. The number of benzene rings is 1. The zero-order chi connectivity index (χ0) is 16.8. The van der Waals surface area contributed by atoms with Crippen LogP contribution in [0.1, 0.15) is 6.42 Å². The average Bonchev–Trinajstić information content (AvgIpc) is 2.43. The highest BCUT2D eigenvalue weighted by molar-refractivity contribution is 7.89. The number of ether oxygens (including phenoxy) is 1. The van der Waals surface area contributed by atoms with Crippen molar-refractivity contribution in [3.63, 3.8) is 0 Å². The first kappa shape index (κ1) is 18.4. The molecule has 0 spiro atoms. The quantitative estimate of drug-likeness (QED) is 0.788. The fourth-order valence-corrected chi connectivity index (χ4v) is 2.41. The van der Waals surface area contributed by atoms with Gasteiger partial charge in [-0.1, -0.05) is 0 Å². The van der Waals surface area contributed by atoms with Crippen molar-refractivity contribution < 1.29 is 31.1 Å². The van der Waals surface area contributed by atoms with Crippen molar-refractivity contribution in [2.24, 2.45) is 0 Å². The highest BCUT2D eigenvalue weighted by Crippen LogP contribution is 2.17. The second-order valence-corrected chi connectivity index (χ2v) is 6.02. The summed E-state index contributed by atoms with van der Waals surface area (Å²) in [6.07, 6.45) is -4.51. The van der Waals surface area contributed by atoms with Gasteiger partial charge < -0.3 is 10.1 Å². The van der Waals surface area contributed by atoms with Crippen LogP contribution in [0.2, 0.25) is 0 Å². The van der Waals surface area contributed by atoms with Gasteiger partial charge in [0.2, 0.25) is 15.9 Å². The molecule has 0 radical (unpaired) electrons. The van der Waals surface area contributed by atoms with Gasteiger partial charge in [0.25, 0.3) is 0 Å². The normalized spacial score (nSPS) is 12.2. The Labute approximate surface area is 125 Å². The molecule has 0 saturated heterocycles. The molecule has 0 unspecified atom stereocenters. The van der Waals surface area contributed by atoms with Crippen LogP contribution in [-0.4, -0.2) is 40.8 Å². The van der Waals surface area contributed by atoms with Gasteiger partial charge in [0.05, 0.1) is 17.9 Å². The van der Waals surface area contributed by atoms with Gasteiger partial charge in [-0.2, -0.15) is 13.2 Å². The van der Waals surface area contributed by atoms with Crippen LogP contribution in [0.5, 0.6) is 0 Å². The summed E-state index contributed by atoms with van der Waals surface area (Å²) in [5.74, 6) is -0.326. The standard InChI is InChI=1S/C12H15F3N2O4S/c1-21-7-6-11(18)17-9-2-4-10(5-3-9)22(19,20)16-8-12(13,14)15/h2-5,16H,6-8H2,1H3,(H,17,18). The second-order valence-electron chi connectivity index (χ2n) is 4.26. The molecule has 1 amide bonds. The molecule has 0 aliphatic rings. The lowest BCUT2D eigenvalue weighted by molar-refractivity contribution is -0.121. The Bertz CT molecular complexity index is 600. The third-order valence-electron chi connectivity index (χ3n) is 2.44. The van der Waals surface area contributed by atoms with Crippen molar-refractivity contribution in [3.05, 3.63) is 24.3 Å². The minimum atomic E-state index is -4.64. The van der Waals surface area contributed by atoms with Gasteiger partial charge >= 0.3 is 6.18 Å². The Kier molecular flexibility index (Phi) is 6.33. The van der Waals surface area contributed by atoms with E-state index in [9.17, 15) is 26.4 Å². The number of rotatable bonds is 7. The molecule has 2 N–H and O–H groups in total. The summed E-state index contributed by atoms with van der Waals surface area (Å²) >= 11 is 0. The van der Waals surface area contributed by atoms with Crippen molar-refractivity contribution in [3.8, 4) is 0 Å². The van der Waals surface area contributed by atoms with Crippen molar-refractivity contribution in [1.29, 1.82) is 0 Å². The Morgan fingerprint density at radius 3 is 2.32 bits per heavy atom. The number of hydrogen-bond acceptors (Lipinski definition) is 4. The van der Waals surface area contributed by atoms with E-state index >= 15 is 0 Å². The summed E-state index contributed by atoms with van der Waals surface area (Å²) in [5.41, 5.74) is 0.330. The number of amides is 1. The van der Waals surface area contributed by atoms with Crippen molar-refractivity contribution >= 4 is 21.6 Å². The van der Waals surface area contributed by atoms with E-state index in [1.165, 1.54) is 24.0 Å². The molecule has 0 atom stereocenters. The first-order valence-electron chi connectivity index (χ1n) is 6.09. The van der Waals surface area contributed by atoms with Gasteiger partial charge in [-0.3, -0.25) is 4.79 Å². The predicted molar refractivity (Wildman–Crippen MR) is 72.8 cm³/mol. The van der Waals surface area contributed by atoms with Gasteiger partial charge in [0.1, 0.15) is 6.54 Å². The SMILES string of the molecule is COCCC(=O)Nc1ccc(S(=O)(=O)NCC(F)(F)F)cc1. The zero-order valence-corrected chi connectivity index (χ0v) is 12.4. The molecule has 0 aromatic heterocycles. The molecule has 0 aliphatic heterocycles. The van der Waals surface area contributed by atoms with Gasteiger partial charge in [0.15, 0.2) is 0 Å². The molecule has 0 saturated carbocycles. The largest absolute Gasteiger partial charge is 0.402 e. The van der Waals surface area contributed by atoms with Crippen LogP contribution < -0.4 is 10.0 Å². The molecule has 124 valence electrons. The number of carbonyl (C=O) groups is 1. The summed E-state index contributed by atoms with van der Waals surface area (Å²) in [6, 6.07) is 4.77. The number of hydrogen-bond donors (Lipinski definition) is 2. The number of alkyl halides is 3. The summed E-state index contributed by atoms with van der Waals surface area (Å²) in [4.78, 5) is 11.1. The van der Waals surface area contributed by atoms with Crippen molar-refractivity contribution in [2.75, 3.05) is 25.6 Å². The van der Waals surface area contributed by atoms with E-state index in [0.29, 0.717) is 5.69 Å². The maximum absolute atomic E-state index is 12.0. The molecule has 0 heterocycles. The minimum absolute atomic E-state index is 0.129. The molecule has 0 bridgehead atoms. The van der Waals surface area contributed by atoms with Gasteiger partial charge in [-0.05, 0) is 24.3 Å². The Morgan fingerprint density at radius 2 is 1.82 bits per heavy atom. The van der Waals surface area contributed by atoms with Gasteiger partial charge in [-0.15, -0.1) is 0 Å².